The number of nitrogens with one attached hydrogen (secondary N) is 2. The maximum atomic E-state index is 11.8. The second-order valence-corrected chi connectivity index (χ2v) is 5.41. The van der Waals surface area contributed by atoms with Crippen LogP contribution in [0.1, 0.15) is 42.6 Å². The largest absolute Gasteiger partial charge is 0.350 e. The molecule has 0 aliphatic heterocycles. The molecule has 1 saturated carbocycles. The standard InChI is InChI=1S/C12H18BrN3O/c13-8-12(5-2-1-3-6-12)9-14-11(17)10-4-7-15-16-10/h4,7H,1-3,5-6,8-9H2,(H,14,17)(H,15,16). The zero-order valence-corrected chi connectivity index (χ0v) is 11.4. The molecular weight excluding hydrogens is 282 g/mol. The molecule has 1 heterocycles. The highest BCUT2D eigenvalue weighted by Gasteiger charge is 2.31. The number of aromatic amines is 1. The third-order valence-corrected chi connectivity index (χ3v) is 4.76. The first kappa shape index (κ1) is 12.6. The number of alkyl halides is 1. The van der Waals surface area contributed by atoms with Crippen molar-refractivity contribution in [3.63, 3.8) is 0 Å². The van der Waals surface area contributed by atoms with Crippen molar-refractivity contribution in [3.05, 3.63) is 18.0 Å². The quantitative estimate of drug-likeness (QED) is 0.839. The molecule has 17 heavy (non-hydrogen) atoms. The summed E-state index contributed by atoms with van der Waals surface area (Å²) in [7, 11) is 0. The summed E-state index contributed by atoms with van der Waals surface area (Å²) in [5, 5.41) is 10.4. The summed E-state index contributed by atoms with van der Waals surface area (Å²) in [6.07, 6.45) is 7.85. The third kappa shape index (κ3) is 3.09. The van der Waals surface area contributed by atoms with Crippen LogP contribution in [0.15, 0.2) is 12.3 Å². The van der Waals surface area contributed by atoms with Gasteiger partial charge in [0.25, 0.3) is 5.91 Å². The molecule has 94 valence electrons. The first-order valence-electron chi connectivity index (χ1n) is 6.09. The number of carbonyl (C=O) groups is 1. The van der Waals surface area contributed by atoms with E-state index in [1.54, 1.807) is 12.3 Å². The highest BCUT2D eigenvalue weighted by atomic mass is 79.9. The van der Waals surface area contributed by atoms with E-state index in [0.29, 0.717) is 5.69 Å². The predicted octanol–water partition coefficient (Wildman–Crippen LogP) is 2.48. The Morgan fingerprint density at radius 1 is 1.47 bits per heavy atom. The molecule has 1 aromatic rings. The number of halogens is 1. The molecule has 5 heteroatoms. The molecule has 1 aromatic heterocycles. The minimum atomic E-state index is -0.0617. The molecule has 0 spiro atoms. The molecule has 1 amide bonds. The molecule has 0 bridgehead atoms. The summed E-state index contributed by atoms with van der Waals surface area (Å²) in [6, 6.07) is 1.69. The Balaban J connectivity index is 1.89. The van der Waals surface area contributed by atoms with Crippen molar-refractivity contribution in [1.29, 1.82) is 0 Å². The van der Waals surface area contributed by atoms with Gasteiger partial charge in [-0.05, 0) is 24.3 Å². The van der Waals surface area contributed by atoms with E-state index in [2.05, 4.69) is 31.4 Å². The second-order valence-electron chi connectivity index (χ2n) is 4.85. The highest BCUT2D eigenvalue weighted by Crippen LogP contribution is 2.37. The Morgan fingerprint density at radius 2 is 2.24 bits per heavy atom. The van der Waals surface area contributed by atoms with Crippen molar-refractivity contribution in [3.8, 4) is 0 Å². The number of carbonyl (C=O) groups excluding carboxylic acids is 1. The van der Waals surface area contributed by atoms with Gasteiger partial charge < -0.3 is 5.32 Å². The van der Waals surface area contributed by atoms with Crippen LogP contribution in [0.3, 0.4) is 0 Å². The van der Waals surface area contributed by atoms with Crippen LogP contribution >= 0.6 is 15.9 Å². The summed E-state index contributed by atoms with van der Waals surface area (Å²) in [5.41, 5.74) is 0.777. The Labute approximate surface area is 110 Å². The summed E-state index contributed by atoms with van der Waals surface area (Å²) in [5.74, 6) is -0.0617. The van der Waals surface area contributed by atoms with Crippen molar-refractivity contribution in [2.24, 2.45) is 5.41 Å². The number of aromatic nitrogens is 2. The van der Waals surface area contributed by atoms with Crippen LogP contribution in [0.4, 0.5) is 0 Å². The van der Waals surface area contributed by atoms with Gasteiger partial charge in [0.15, 0.2) is 0 Å². The maximum absolute atomic E-state index is 11.8. The molecule has 1 aliphatic rings. The summed E-state index contributed by atoms with van der Waals surface area (Å²) in [4.78, 5) is 11.8. The Kier molecular flexibility index (Phi) is 4.20. The number of hydrogen-bond acceptors (Lipinski definition) is 2. The maximum Gasteiger partial charge on any atom is 0.269 e. The molecule has 2 N–H and O–H groups in total. The molecule has 1 fully saturated rings. The fraction of sp³-hybridized carbons (Fsp3) is 0.667. The van der Waals surface area contributed by atoms with E-state index in [1.807, 2.05) is 0 Å². The van der Waals surface area contributed by atoms with E-state index >= 15 is 0 Å². The van der Waals surface area contributed by atoms with Gasteiger partial charge in [-0.1, -0.05) is 35.2 Å². The van der Waals surface area contributed by atoms with Gasteiger partial charge in [0, 0.05) is 18.1 Å². The first-order valence-corrected chi connectivity index (χ1v) is 7.21. The molecule has 1 aliphatic carbocycles. The van der Waals surface area contributed by atoms with Gasteiger partial charge in [-0.3, -0.25) is 9.89 Å². The summed E-state index contributed by atoms with van der Waals surface area (Å²) >= 11 is 3.60. The molecule has 2 rings (SSSR count). The average molecular weight is 300 g/mol. The van der Waals surface area contributed by atoms with Gasteiger partial charge in [0.05, 0.1) is 0 Å². The van der Waals surface area contributed by atoms with Crippen LogP contribution in [-0.4, -0.2) is 28.0 Å². The second kappa shape index (κ2) is 5.67. The van der Waals surface area contributed by atoms with Crippen LogP contribution in [0.2, 0.25) is 0 Å². The van der Waals surface area contributed by atoms with Gasteiger partial charge in [0.1, 0.15) is 5.69 Å². The smallest absolute Gasteiger partial charge is 0.269 e. The fourth-order valence-corrected chi connectivity index (χ4v) is 3.16. The predicted molar refractivity (Wildman–Crippen MR) is 70.2 cm³/mol. The molecule has 4 nitrogen and oxygen atoms in total. The zero-order chi connectivity index (χ0) is 12.1. The van der Waals surface area contributed by atoms with E-state index in [-0.39, 0.29) is 11.3 Å². The molecule has 0 saturated heterocycles. The van der Waals surface area contributed by atoms with Gasteiger partial charge in [-0.15, -0.1) is 0 Å². The molecule has 0 aromatic carbocycles. The van der Waals surface area contributed by atoms with E-state index in [1.165, 1.54) is 32.1 Å². The van der Waals surface area contributed by atoms with Gasteiger partial charge in [-0.25, -0.2) is 0 Å². The minimum Gasteiger partial charge on any atom is -0.350 e. The van der Waals surface area contributed by atoms with Crippen molar-refractivity contribution in [1.82, 2.24) is 15.5 Å². The van der Waals surface area contributed by atoms with Gasteiger partial charge in [0.2, 0.25) is 0 Å². The van der Waals surface area contributed by atoms with Crippen molar-refractivity contribution < 1.29 is 4.79 Å². The molecular formula is C12H18BrN3O. The zero-order valence-electron chi connectivity index (χ0n) is 9.84. The van der Waals surface area contributed by atoms with Crippen molar-refractivity contribution in [2.45, 2.75) is 32.1 Å². The van der Waals surface area contributed by atoms with Crippen LogP contribution in [0.25, 0.3) is 0 Å². The number of H-pyrrole nitrogens is 1. The summed E-state index contributed by atoms with van der Waals surface area (Å²) < 4.78 is 0. The van der Waals surface area contributed by atoms with Crippen LogP contribution in [-0.2, 0) is 0 Å². The summed E-state index contributed by atoms with van der Waals surface area (Å²) in [6.45, 7) is 0.746. The fourth-order valence-electron chi connectivity index (χ4n) is 2.40. The van der Waals surface area contributed by atoms with E-state index in [0.717, 1.165) is 11.9 Å². The average Bonchev–Trinajstić information content (AvgIpc) is 2.91. The van der Waals surface area contributed by atoms with E-state index < -0.39 is 0 Å². The minimum absolute atomic E-state index is 0.0617. The van der Waals surface area contributed by atoms with Crippen LogP contribution < -0.4 is 5.32 Å². The lowest BCUT2D eigenvalue weighted by atomic mass is 9.75. The Morgan fingerprint density at radius 3 is 2.82 bits per heavy atom. The Hall–Kier alpha value is -0.840. The number of amides is 1. The molecule has 0 unspecified atom stereocenters. The van der Waals surface area contributed by atoms with Crippen LogP contribution in [0, 0.1) is 5.41 Å². The van der Waals surface area contributed by atoms with E-state index in [9.17, 15) is 4.79 Å². The number of rotatable bonds is 4. The molecule has 0 radical (unpaired) electrons. The lowest BCUT2D eigenvalue weighted by Crippen LogP contribution is -2.40. The highest BCUT2D eigenvalue weighted by molar-refractivity contribution is 9.09. The molecule has 0 atom stereocenters. The first-order chi connectivity index (χ1) is 8.26. The van der Waals surface area contributed by atoms with Crippen LogP contribution in [0.5, 0.6) is 0 Å². The number of nitrogens with zero attached hydrogens (tertiary/aromatic N) is 1. The van der Waals surface area contributed by atoms with Crippen molar-refractivity contribution in [2.75, 3.05) is 11.9 Å². The lowest BCUT2D eigenvalue weighted by Gasteiger charge is -2.35. The lowest BCUT2D eigenvalue weighted by molar-refractivity contribution is 0.0917. The Bertz CT molecular complexity index is 358. The van der Waals surface area contributed by atoms with E-state index in [4.69, 9.17) is 0 Å². The number of hydrogen-bond donors (Lipinski definition) is 2. The van der Waals surface area contributed by atoms with Crippen molar-refractivity contribution >= 4 is 21.8 Å². The van der Waals surface area contributed by atoms with Gasteiger partial charge >= 0.3 is 0 Å². The van der Waals surface area contributed by atoms with Gasteiger partial charge in [-0.2, -0.15) is 5.10 Å². The SMILES string of the molecule is O=C(NCC1(CBr)CCCCC1)c1ccn[nH]1. The topological polar surface area (TPSA) is 57.8 Å². The normalized spacial score (nSPS) is 18.9. The third-order valence-electron chi connectivity index (χ3n) is 3.57. The monoisotopic (exact) mass is 299 g/mol.